The van der Waals surface area contributed by atoms with E-state index >= 15 is 0 Å². The molecule has 1 aromatic heterocycles. The highest BCUT2D eigenvalue weighted by molar-refractivity contribution is 5.66. The first-order chi connectivity index (χ1) is 10.2. The van der Waals surface area contributed by atoms with E-state index in [4.69, 9.17) is 5.73 Å². The molecular formula is C16H14N4O. The van der Waals surface area contributed by atoms with E-state index in [1.807, 2.05) is 48.5 Å². The minimum atomic E-state index is -0.208. The quantitative estimate of drug-likeness (QED) is 0.643. The summed E-state index contributed by atoms with van der Waals surface area (Å²) in [5.41, 5.74) is 9.79. The van der Waals surface area contributed by atoms with Crippen LogP contribution in [-0.2, 0) is 0 Å². The van der Waals surface area contributed by atoms with Crippen LogP contribution in [0.2, 0.25) is 0 Å². The van der Waals surface area contributed by atoms with Gasteiger partial charge in [-0.1, -0.05) is 12.1 Å². The maximum atomic E-state index is 11.0. The molecular weight excluding hydrogens is 264 g/mol. The lowest BCUT2D eigenvalue weighted by molar-refractivity contribution is 1.14. The third kappa shape index (κ3) is 3.09. The summed E-state index contributed by atoms with van der Waals surface area (Å²) in [5.74, 6) is 0. The highest BCUT2D eigenvalue weighted by atomic mass is 16.1. The Morgan fingerprint density at radius 1 is 0.952 bits per heavy atom. The van der Waals surface area contributed by atoms with Crippen molar-refractivity contribution in [1.29, 1.82) is 0 Å². The second-order valence-corrected chi connectivity index (χ2v) is 4.62. The van der Waals surface area contributed by atoms with Gasteiger partial charge in [0.25, 0.3) is 5.56 Å². The molecule has 0 aliphatic heterocycles. The molecule has 2 aromatic carbocycles. The molecule has 0 unspecified atom stereocenters. The van der Waals surface area contributed by atoms with Gasteiger partial charge in [0.05, 0.1) is 11.9 Å². The predicted molar refractivity (Wildman–Crippen MR) is 84.4 cm³/mol. The van der Waals surface area contributed by atoms with E-state index in [0.29, 0.717) is 0 Å². The Bertz CT molecular complexity index is 771. The summed E-state index contributed by atoms with van der Waals surface area (Å²) in [6.45, 7) is 0. The number of anilines is 3. The molecule has 3 aromatic rings. The molecule has 4 N–H and O–H groups in total. The van der Waals surface area contributed by atoms with Crippen molar-refractivity contribution < 1.29 is 0 Å². The van der Waals surface area contributed by atoms with Gasteiger partial charge < -0.3 is 16.0 Å². The van der Waals surface area contributed by atoms with E-state index in [2.05, 4.69) is 15.3 Å². The molecule has 0 bridgehead atoms. The summed E-state index contributed by atoms with van der Waals surface area (Å²) in [6, 6.07) is 15.3. The number of aromatic nitrogens is 2. The van der Waals surface area contributed by atoms with Crippen LogP contribution in [0.1, 0.15) is 0 Å². The van der Waals surface area contributed by atoms with Gasteiger partial charge in [0.15, 0.2) is 0 Å². The summed E-state index contributed by atoms with van der Waals surface area (Å²) in [4.78, 5) is 17.7. The van der Waals surface area contributed by atoms with Crippen molar-refractivity contribution in [1.82, 2.24) is 9.97 Å². The van der Waals surface area contributed by atoms with Crippen molar-refractivity contribution in [3.8, 4) is 11.3 Å². The summed E-state index contributed by atoms with van der Waals surface area (Å²) in [7, 11) is 0. The summed E-state index contributed by atoms with van der Waals surface area (Å²) in [6.07, 6.45) is 2.88. The largest absolute Gasteiger partial charge is 0.399 e. The predicted octanol–water partition coefficient (Wildman–Crippen LogP) is 2.76. The number of nitrogen functional groups attached to an aromatic ring is 1. The van der Waals surface area contributed by atoms with Crippen LogP contribution in [-0.4, -0.2) is 9.97 Å². The third-order valence-corrected chi connectivity index (χ3v) is 3.05. The Hall–Kier alpha value is -3.08. The molecule has 0 atom stereocenters. The van der Waals surface area contributed by atoms with E-state index in [1.165, 1.54) is 6.20 Å². The molecule has 0 saturated heterocycles. The maximum absolute atomic E-state index is 11.0. The molecule has 5 heteroatoms. The van der Waals surface area contributed by atoms with Gasteiger partial charge in [0.1, 0.15) is 0 Å². The summed E-state index contributed by atoms with van der Waals surface area (Å²) in [5, 5.41) is 3.29. The molecule has 3 rings (SSSR count). The lowest BCUT2D eigenvalue weighted by Gasteiger charge is -2.07. The van der Waals surface area contributed by atoms with Gasteiger partial charge >= 0.3 is 0 Å². The fraction of sp³-hybridized carbons (Fsp3) is 0. The molecule has 0 saturated carbocycles. The number of aromatic amines is 1. The lowest BCUT2D eigenvalue weighted by atomic mass is 10.1. The third-order valence-electron chi connectivity index (χ3n) is 3.05. The number of H-pyrrole nitrogens is 1. The zero-order chi connectivity index (χ0) is 14.7. The molecule has 0 spiro atoms. The Labute approximate surface area is 121 Å². The van der Waals surface area contributed by atoms with E-state index in [-0.39, 0.29) is 5.56 Å². The van der Waals surface area contributed by atoms with Crippen molar-refractivity contribution in [2.75, 3.05) is 11.1 Å². The zero-order valence-electron chi connectivity index (χ0n) is 11.2. The van der Waals surface area contributed by atoms with Crippen LogP contribution >= 0.6 is 0 Å². The number of nitrogens with zero attached hydrogens (tertiary/aromatic N) is 1. The SMILES string of the molecule is Nc1ccc(Nc2ccc(-c3c[nH]c(=O)cn3)cc2)cc1. The minimum absolute atomic E-state index is 0.208. The van der Waals surface area contributed by atoms with Crippen molar-refractivity contribution in [3.05, 3.63) is 71.3 Å². The Morgan fingerprint density at radius 3 is 2.14 bits per heavy atom. The smallest absolute Gasteiger partial charge is 0.266 e. The van der Waals surface area contributed by atoms with Crippen molar-refractivity contribution >= 4 is 17.1 Å². The van der Waals surface area contributed by atoms with Crippen LogP contribution in [0.3, 0.4) is 0 Å². The molecule has 104 valence electrons. The summed E-state index contributed by atoms with van der Waals surface area (Å²) < 4.78 is 0. The number of nitrogens with one attached hydrogen (secondary N) is 2. The number of rotatable bonds is 3. The van der Waals surface area contributed by atoms with Gasteiger partial charge in [0.2, 0.25) is 0 Å². The number of hydrogen-bond donors (Lipinski definition) is 3. The van der Waals surface area contributed by atoms with Gasteiger partial charge in [-0.3, -0.25) is 4.79 Å². The van der Waals surface area contributed by atoms with Gasteiger partial charge in [0, 0.05) is 28.8 Å². The van der Waals surface area contributed by atoms with E-state index in [0.717, 1.165) is 28.3 Å². The zero-order valence-corrected chi connectivity index (χ0v) is 11.2. The molecule has 0 aliphatic carbocycles. The molecule has 0 radical (unpaired) electrons. The first-order valence-corrected chi connectivity index (χ1v) is 6.48. The second kappa shape index (κ2) is 5.50. The number of benzene rings is 2. The van der Waals surface area contributed by atoms with Crippen LogP contribution < -0.4 is 16.6 Å². The Kier molecular flexibility index (Phi) is 3.39. The van der Waals surface area contributed by atoms with Crippen LogP contribution in [0.15, 0.2) is 65.7 Å². The van der Waals surface area contributed by atoms with E-state index in [9.17, 15) is 4.79 Å². The van der Waals surface area contributed by atoms with E-state index in [1.54, 1.807) is 6.20 Å². The second-order valence-electron chi connectivity index (χ2n) is 4.62. The van der Waals surface area contributed by atoms with Gasteiger partial charge in [-0.25, -0.2) is 4.98 Å². The van der Waals surface area contributed by atoms with Gasteiger partial charge in [-0.05, 0) is 36.4 Å². The lowest BCUT2D eigenvalue weighted by Crippen LogP contribution is -2.04. The molecule has 1 heterocycles. The van der Waals surface area contributed by atoms with Crippen LogP contribution in [0.4, 0.5) is 17.1 Å². The molecule has 0 amide bonds. The molecule has 21 heavy (non-hydrogen) atoms. The van der Waals surface area contributed by atoms with Crippen LogP contribution in [0.25, 0.3) is 11.3 Å². The monoisotopic (exact) mass is 278 g/mol. The standard InChI is InChI=1S/C16H14N4O/c17-12-3-7-14(8-4-12)20-13-5-1-11(2-6-13)15-9-19-16(21)10-18-15/h1-10,20H,17H2,(H,19,21). The fourth-order valence-electron chi connectivity index (χ4n) is 1.96. The van der Waals surface area contributed by atoms with Crippen LogP contribution in [0.5, 0.6) is 0 Å². The topological polar surface area (TPSA) is 83.8 Å². The highest BCUT2D eigenvalue weighted by Gasteiger charge is 2.00. The Morgan fingerprint density at radius 2 is 1.57 bits per heavy atom. The first kappa shape index (κ1) is 12.9. The normalized spacial score (nSPS) is 10.3. The van der Waals surface area contributed by atoms with Gasteiger partial charge in [-0.15, -0.1) is 0 Å². The molecule has 5 nitrogen and oxygen atoms in total. The number of hydrogen-bond acceptors (Lipinski definition) is 4. The average Bonchev–Trinajstić information content (AvgIpc) is 2.51. The molecule has 0 aliphatic rings. The number of nitrogens with two attached hydrogens (primary N) is 1. The highest BCUT2D eigenvalue weighted by Crippen LogP contribution is 2.21. The minimum Gasteiger partial charge on any atom is -0.399 e. The maximum Gasteiger partial charge on any atom is 0.266 e. The Balaban J connectivity index is 1.79. The first-order valence-electron chi connectivity index (χ1n) is 6.48. The fourth-order valence-corrected chi connectivity index (χ4v) is 1.96. The van der Waals surface area contributed by atoms with Crippen molar-refractivity contribution in [2.24, 2.45) is 0 Å². The van der Waals surface area contributed by atoms with E-state index < -0.39 is 0 Å². The summed E-state index contributed by atoms with van der Waals surface area (Å²) >= 11 is 0. The van der Waals surface area contributed by atoms with Crippen LogP contribution in [0, 0.1) is 0 Å². The molecule has 0 fully saturated rings. The average molecular weight is 278 g/mol. The van der Waals surface area contributed by atoms with Crippen molar-refractivity contribution in [3.63, 3.8) is 0 Å². The van der Waals surface area contributed by atoms with Crippen molar-refractivity contribution in [2.45, 2.75) is 0 Å². The van der Waals surface area contributed by atoms with Gasteiger partial charge in [-0.2, -0.15) is 0 Å².